The lowest BCUT2D eigenvalue weighted by molar-refractivity contribution is 0.457. The number of benzene rings is 1. The fourth-order valence-corrected chi connectivity index (χ4v) is 1.43. The SMILES string of the molecule is C=CCc1cccnc1Oc1ccccc1. The van der Waals surface area contributed by atoms with Gasteiger partial charge in [-0.05, 0) is 24.6 Å². The van der Waals surface area contributed by atoms with E-state index in [0.717, 1.165) is 17.7 Å². The zero-order valence-electron chi connectivity index (χ0n) is 8.97. The van der Waals surface area contributed by atoms with Gasteiger partial charge in [-0.1, -0.05) is 30.3 Å². The van der Waals surface area contributed by atoms with Crippen LogP contribution in [0.3, 0.4) is 0 Å². The van der Waals surface area contributed by atoms with E-state index < -0.39 is 0 Å². The second kappa shape index (κ2) is 5.12. The number of aromatic nitrogens is 1. The first-order chi connectivity index (χ1) is 7.90. The Kier molecular flexibility index (Phi) is 3.34. The minimum Gasteiger partial charge on any atom is -0.439 e. The van der Waals surface area contributed by atoms with Crippen molar-refractivity contribution in [3.05, 3.63) is 66.9 Å². The van der Waals surface area contributed by atoms with Crippen LogP contribution >= 0.6 is 0 Å². The fraction of sp³-hybridized carbons (Fsp3) is 0.0714. The minimum atomic E-state index is 0.647. The van der Waals surface area contributed by atoms with E-state index in [2.05, 4.69) is 11.6 Å². The molecule has 0 radical (unpaired) electrons. The zero-order chi connectivity index (χ0) is 11.2. The molecule has 0 unspecified atom stereocenters. The van der Waals surface area contributed by atoms with Gasteiger partial charge in [0.1, 0.15) is 5.75 Å². The molecular formula is C14H13NO. The normalized spacial score (nSPS) is 9.75. The second-order valence-electron chi connectivity index (χ2n) is 3.38. The highest BCUT2D eigenvalue weighted by atomic mass is 16.5. The summed E-state index contributed by atoms with van der Waals surface area (Å²) in [5.74, 6) is 1.44. The van der Waals surface area contributed by atoms with E-state index in [0.29, 0.717) is 5.88 Å². The van der Waals surface area contributed by atoms with Gasteiger partial charge in [-0.3, -0.25) is 0 Å². The number of para-hydroxylation sites is 1. The Labute approximate surface area is 95.2 Å². The van der Waals surface area contributed by atoms with Crippen LogP contribution in [0, 0.1) is 0 Å². The van der Waals surface area contributed by atoms with Gasteiger partial charge in [-0.15, -0.1) is 6.58 Å². The van der Waals surface area contributed by atoms with E-state index in [1.54, 1.807) is 6.20 Å². The average molecular weight is 211 g/mol. The first kappa shape index (κ1) is 10.4. The van der Waals surface area contributed by atoms with Gasteiger partial charge in [-0.25, -0.2) is 4.98 Å². The van der Waals surface area contributed by atoms with E-state index in [1.165, 1.54) is 0 Å². The number of allylic oxidation sites excluding steroid dienone is 1. The van der Waals surface area contributed by atoms with Gasteiger partial charge in [0, 0.05) is 11.8 Å². The molecular weight excluding hydrogens is 198 g/mol. The average Bonchev–Trinajstić information content (AvgIpc) is 2.33. The van der Waals surface area contributed by atoms with Crippen molar-refractivity contribution in [3.63, 3.8) is 0 Å². The number of pyridine rings is 1. The van der Waals surface area contributed by atoms with Crippen molar-refractivity contribution >= 4 is 0 Å². The Hall–Kier alpha value is -2.09. The topological polar surface area (TPSA) is 22.1 Å². The maximum absolute atomic E-state index is 5.70. The molecule has 1 heterocycles. The molecule has 0 amide bonds. The monoisotopic (exact) mass is 211 g/mol. The van der Waals surface area contributed by atoms with Crippen molar-refractivity contribution in [1.82, 2.24) is 4.98 Å². The molecule has 16 heavy (non-hydrogen) atoms. The third-order valence-electron chi connectivity index (χ3n) is 2.17. The summed E-state index contributed by atoms with van der Waals surface area (Å²) in [5.41, 5.74) is 1.04. The van der Waals surface area contributed by atoms with Crippen LogP contribution in [0.1, 0.15) is 5.56 Å². The minimum absolute atomic E-state index is 0.647. The standard InChI is InChI=1S/C14H13NO/c1-2-7-12-8-6-11-15-14(12)16-13-9-4-3-5-10-13/h2-6,8-11H,1,7H2. The van der Waals surface area contributed by atoms with Gasteiger partial charge < -0.3 is 4.74 Å². The second-order valence-corrected chi connectivity index (χ2v) is 3.38. The van der Waals surface area contributed by atoms with E-state index in [1.807, 2.05) is 48.5 Å². The Balaban J connectivity index is 2.24. The Morgan fingerprint density at radius 1 is 1.12 bits per heavy atom. The Morgan fingerprint density at radius 2 is 1.94 bits per heavy atom. The molecule has 0 bridgehead atoms. The molecule has 2 aromatic rings. The fourth-order valence-electron chi connectivity index (χ4n) is 1.43. The van der Waals surface area contributed by atoms with Crippen LogP contribution in [-0.4, -0.2) is 4.98 Å². The molecule has 0 aliphatic heterocycles. The summed E-state index contributed by atoms with van der Waals surface area (Å²) >= 11 is 0. The van der Waals surface area contributed by atoms with Crippen LogP contribution in [-0.2, 0) is 6.42 Å². The lowest BCUT2D eigenvalue weighted by atomic mass is 10.2. The van der Waals surface area contributed by atoms with Crippen LogP contribution in [0.25, 0.3) is 0 Å². The van der Waals surface area contributed by atoms with Crippen molar-refractivity contribution in [3.8, 4) is 11.6 Å². The van der Waals surface area contributed by atoms with Gasteiger partial charge in [-0.2, -0.15) is 0 Å². The summed E-state index contributed by atoms with van der Waals surface area (Å²) < 4.78 is 5.70. The number of hydrogen-bond acceptors (Lipinski definition) is 2. The predicted octanol–water partition coefficient (Wildman–Crippen LogP) is 3.60. The van der Waals surface area contributed by atoms with Crippen LogP contribution in [0.5, 0.6) is 11.6 Å². The lowest BCUT2D eigenvalue weighted by Crippen LogP contribution is -1.93. The third kappa shape index (κ3) is 2.48. The molecule has 2 rings (SSSR count). The summed E-state index contributed by atoms with van der Waals surface area (Å²) in [6, 6.07) is 13.5. The Bertz CT molecular complexity index is 465. The molecule has 0 N–H and O–H groups in total. The summed E-state index contributed by atoms with van der Waals surface area (Å²) in [6.07, 6.45) is 4.33. The lowest BCUT2D eigenvalue weighted by Gasteiger charge is -2.07. The van der Waals surface area contributed by atoms with Crippen molar-refractivity contribution in [2.45, 2.75) is 6.42 Å². The van der Waals surface area contributed by atoms with Gasteiger partial charge in [0.25, 0.3) is 0 Å². The van der Waals surface area contributed by atoms with Gasteiger partial charge in [0.2, 0.25) is 5.88 Å². The van der Waals surface area contributed by atoms with Crippen molar-refractivity contribution in [2.24, 2.45) is 0 Å². The molecule has 0 aliphatic carbocycles. The molecule has 0 saturated carbocycles. The highest BCUT2D eigenvalue weighted by Crippen LogP contribution is 2.22. The number of ether oxygens (including phenoxy) is 1. The Morgan fingerprint density at radius 3 is 2.69 bits per heavy atom. The third-order valence-corrected chi connectivity index (χ3v) is 2.17. The molecule has 0 spiro atoms. The molecule has 0 atom stereocenters. The van der Waals surface area contributed by atoms with Crippen LogP contribution in [0.15, 0.2) is 61.3 Å². The van der Waals surface area contributed by atoms with Crippen molar-refractivity contribution < 1.29 is 4.74 Å². The van der Waals surface area contributed by atoms with E-state index in [9.17, 15) is 0 Å². The smallest absolute Gasteiger partial charge is 0.222 e. The molecule has 0 aliphatic rings. The highest BCUT2D eigenvalue weighted by Gasteiger charge is 2.03. The summed E-state index contributed by atoms with van der Waals surface area (Å²) in [5, 5.41) is 0. The molecule has 1 aromatic heterocycles. The van der Waals surface area contributed by atoms with E-state index in [4.69, 9.17) is 4.74 Å². The summed E-state index contributed by atoms with van der Waals surface area (Å²) in [6.45, 7) is 3.72. The number of nitrogens with zero attached hydrogens (tertiary/aromatic N) is 1. The largest absolute Gasteiger partial charge is 0.439 e. The van der Waals surface area contributed by atoms with Crippen molar-refractivity contribution in [2.75, 3.05) is 0 Å². The first-order valence-electron chi connectivity index (χ1n) is 5.18. The molecule has 80 valence electrons. The van der Waals surface area contributed by atoms with Gasteiger partial charge in [0.05, 0.1) is 0 Å². The maximum Gasteiger partial charge on any atom is 0.222 e. The van der Waals surface area contributed by atoms with Crippen LogP contribution < -0.4 is 4.74 Å². The zero-order valence-corrected chi connectivity index (χ0v) is 8.97. The van der Waals surface area contributed by atoms with Gasteiger partial charge >= 0.3 is 0 Å². The predicted molar refractivity (Wildman–Crippen MR) is 64.7 cm³/mol. The quantitative estimate of drug-likeness (QED) is 0.721. The van der Waals surface area contributed by atoms with Gasteiger partial charge in [0.15, 0.2) is 0 Å². The molecule has 0 fully saturated rings. The van der Waals surface area contributed by atoms with E-state index in [-0.39, 0.29) is 0 Å². The first-order valence-corrected chi connectivity index (χ1v) is 5.18. The molecule has 1 aromatic carbocycles. The van der Waals surface area contributed by atoms with Crippen LogP contribution in [0.4, 0.5) is 0 Å². The maximum atomic E-state index is 5.70. The van der Waals surface area contributed by atoms with E-state index >= 15 is 0 Å². The highest BCUT2D eigenvalue weighted by molar-refractivity contribution is 5.33. The molecule has 0 saturated heterocycles. The summed E-state index contributed by atoms with van der Waals surface area (Å²) in [7, 11) is 0. The summed E-state index contributed by atoms with van der Waals surface area (Å²) in [4.78, 5) is 4.22. The van der Waals surface area contributed by atoms with Crippen molar-refractivity contribution in [1.29, 1.82) is 0 Å². The molecule has 2 nitrogen and oxygen atoms in total. The number of hydrogen-bond donors (Lipinski definition) is 0. The van der Waals surface area contributed by atoms with Crippen LogP contribution in [0.2, 0.25) is 0 Å². The number of rotatable bonds is 4. The molecule has 2 heteroatoms.